The minimum absolute atomic E-state index is 0.0818. The van der Waals surface area contributed by atoms with Gasteiger partial charge in [0.15, 0.2) is 0 Å². The summed E-state index contributed by atoms with van der Waals surface area (Å²) in [5.41, 5.74) is 2.03. The van der Waals surface area contributed by atoms with Crippen LogP contribution in [0.5, 0.6) is 0 Å². The van der Waals surface area contributed by atoms with Gasteiger partial charge in [-0.25, -0.2) is 4.79 Å². The van der Waals surface area contributed by atoms with Crippen LogP contribution in [0.25, 0.3) is 0 Å². The quantitative estimate of drug-likeness (QED) is 0.705. The van der Waals surface area contributed by atoms with Gasteiger partial charge in [-0.1, -0.05) is 41.9 Å². The number of carbonyl (C=O) groups is 2. The first-order valence-electron chi connectivity index (χ1n) is 11.4. The summed E-state index contributed by atoms with van der Waals surface area (Å²) < 4.78 is 0. The van der Waals surface area contributed by atoms with Crippen LogP contribution in [0.1, 0.15) is 31.2 Å². The molecular formula is C25H31ClN4O2. The fraction of sp³-hybridized carbons (Fsp3) is 0.440. The molecule has 1 unspecified atom stereocenters. The Morgan fingerprint density at radius 1 is 0.938 bits per heavy atom. The van der Waals surface area contributed by atoms with Crippen LogP contribution in [0.15, 0.2) is 54.6 Å². The van der Waals surface area contributed by atoms with Crippen molar-refractivity contribution in [2.24, 2.45) is 5.92 Å². The maximum absolute atomic E-state index is 12.9. The van der Waals surface area contributed by atoms with E-state index in [2.05, 4.69) is 27.7 Å². The molecule has 2 aliphatic heterocycles. The number of carbonyl (C=O) groups excluding carboxylic acids is 2. The van der Waals surface area contributed by atoms with Crippen LogP contribution in [-0.4, -0.2) is 54.0 Å². The highest BCUT2D eigenvalue weighted by molar-refractivity contribution is 6.30. The van der Waals surface area contributed by atoms with Gasteiger partial charge in [-0.2, -0.15) is 0 Å². The van der Waals surface area contributed by atoms with E-state index in [1.54, 1.807) is 4.90 Å². The van der Waals surface area contributed by atoms with E-state index in [1.165, 1.54) is 5.56 Å². The summed E-state index contributed by atoms with van der Waals surface area (Å²) in [4.78, 5) is 29.7. The van der Waals surface area contributed by atoms with Crippen LogP contribution in [-0.2, 0) is 11.3 Å². The Labute approximate surface area is 194 Å². The van der Waals surface area contributed by atoms with Gasteiger partial charge in [0.2, 0.25) is 5.91 Å². The number of amides is 3. The average molecular weight is 455 g/mol. The standard InChI is InChI=1S/C25H31ClN4O2/c26-21-10-8-19(9-11-21)17-29-15-12-23(13-16-29)27-24(31)20-5-4-14-30(18-20)25(32)28-22-6-2-1-3-7-22/h1-3,6-11,20,23H,4-5,12-18H2,(H,27,31)(H,28,32). The molecule has 2 aliphatic rings. The van der Waals surface area contributed by atoms with Crippen LogP contribution in [0.3, 0.4) is 0 Å². The number of halogens is 1. The first kappa shape index (κ1) is 22.6. The van der Waals surface area contributed by atoms with Gasteiger partial charge < -0.3 is 15.5 Å². The summed E-state index contributed by atoms with van der Waals surface area (Å²) in [5, 5.41) is 6.93. The molecule has 0 bridgehead atoms. The maximum atomic E-state index is 12.9. The number of likely N-dealkylation sites (tertiary alicyclic amines) is 2. The molecule has 6 nitrogen and oxygen atoms in total. The number of benzene rings is 2. The molecule has 0 saturated carbocycles. The van der Waals surface area contributed by atoms with Crippen molar-refractivity contribution in [2.45, 2.75) is 38.3 Å². The molecular weight excluding hydrogens is 424 g/mol. The largest absolute Gasteiger partial charge is 0.353 e. The molecule has 2 aromatic carbocycles. The summed E-state index contributed by atoms with van der Waals surface area (Å²) in [6.45, 7) is 3.99. The first-order valence-corrected chi connectivity index (χ1v) is 11.8. The Morgan fingerprint density at radius 2 is 1.66 bits per heavy atom. The van der Waals surface area contributed by atoms with Crippen molar-refractivity contribution in [2.75, 3.05) is 31.5 Å². The van der Waals surface area contributed by atoms with Crippen molar-refractivity contribution in [1.29, 1.82) is 0 Å². The van der Waals surface area contributed by atoms with Crippen molar-refractivity contribution in [3.05, 3.63) is 65.2 Å². The fourth-order valence-electron chi connectivity index (χ4n) is 4.50. The zero-order valence-electron chi connectivity index (χ0n) is 18.3. The molecule has 2 saturated heterocycles. The zero-order chi connectivity index (χ0) is 22.3. The highest BCUT2D eigenvalue weighted by Gasteiger charge is 2.30. The Hall–Kier alpha value is -2.57. The van der Waals surface area contributed by atoms with E-state index in [9.17, 15) is 9.59 Å². The van der Waals surface area contributed by atoms with E-state index >= 15 is 0 Å². The van der Waals surface area contributed by atoms with Crippen molar-refractivity contribution < 1.29 is 9.59 Å². The van der Waals surface area contributed by atoms with Crippen molar-refractivity contribution in [3.63, 3.8) is 0 Å². The van der Waals surface area contributed by atoms with Crippen molar-refractivity contribution >= 4 is 29.2 Å². The van der Waals surface area contributed by atoms with E-state index in [0.717, 1.165) is 56.0 Å². The minimum atomic E-state index is -0.141. The third kappa shape index (κ3) is 6.24. The number of nitrogens with zero attached hydrogens (tertiary/aromatic N) is 2. The second kappa shape index (κ2) is 10.8. The predicted molar refractivity (Wildman–Crippen MR) is 128 cm³/mol. The molecule has 1 atom stereocenters. The molecule has 0 aliphatic carbocycles. The molecule has 0 aromatic heterocycles. The summed E-state index contributed by atoms with van der Waals surface area (Å²) in [7, 11) is 0. The van der Waals surface area contributed by atoms with Crippen LogP contribution in [0.4, 0.5) is 10.5 Å². The number of piperidine rings is 2. The topological polar surface area (TPSA) is 64.7 Å². The molecule has 0 spiro atoms. The molecule has 3 amide bonds. The first-order chi connectivity index (χ1) is 15.6. The van der Waals surface area contributed by atoms with Crippen LogP contribution < -0.4 is 10.6 Å². The monoisotopic (exact) mass is 454 g/mol. The highest BCUT2D eigenvalue weighted by Crippen LogP contribution is 2.20. The normalized spacial score (nSPS) is 20.0. The third-order valence-electron chi connectivity index (χ3n) is 6.36. The Morgan fingerprint density at radius 3 is 2.38 bits per heavy atom. The van der Waals surface area contributed by atoms with Gasteiger partial charge in [-0.15, -0.1) is 0 Å². The van der Waals surface area contributed by atoms with Gasteiger partial charge in [-0.3, -0.25) is 9.69 Å². The lowest BCUT2D eigenvalue weighted by Gasteiger charge is -2.35. The number of hydrogen-bond donors (Lipinski definition) is 2. The zero-order valence-corrected chi connectivity index (χ0v) is 19.1. The molecule has 2 aromatic rings. The molecule has 2 heterocycles. The highest BCUT2D eigenvalue weighted by atomic mass is 35.5. The van der Waals surface area contributed by atoms with Crippen molar-refractivity contribution in [1.82, 2.24) is 15.1 Å². The molecule has 2 fully saturated rings. The lowest BCUT2D eigenvalue weighted by molar-refractivity contribution is -0.127. The van der Waals surface area contributed by atoms with Gasteiger partial charge in [-0.05, 0) is 55.5 Å². The van der Waals surface area contributed by atoms with Crippen molar-refractivity contribution in [3.8, 4) is 0 Å². The van der Waals surface area contributed by atoms with Crippen LogP contribution in [0, 0.1) is 5.92 Å². The number of hydrogen-bond acceptors (Lipinski definition) is 3. The number of nitrogens with one attached hydrogen (secondary N) is 2. The summed E-state index contributed by atoms with van der Waals surface area (Å²) >= 11 is 5.97. The van der Waals surface area contributed by atoms with E-state index in [-0.39, 0.29) is 23.9 Å². The van der Waals surface area contributed by atoms with Gasteiger partial charge in [0.05, 0.1) is 5.92 Å². The number of para-hydroxylation sites is 1. The predicted octanol–water partition coefficient (Wildman–Crippen LogP) is 4.36. The van der Waals surface area contributed by atoms with Gasteiger partial charge in [0.1, 0.15) is 0 Å². The summed E-state index contributed by atoms with van der Waals surface area (Å²) in [6, 6.07) is 17.5. The second-order valence-electron chi connectivity index (χ2n) is 8.77. The second-order valence-corrected chi connectivity index (χ2v) is 9.20. The number of rotatable bonds is 5. The average Bonchev–Trinajstić information content (AvgIpc) is 2.82. The maximum Gasteiger partial charge on any atom is 0.321 e. The smallest absolute Gasteiger partial charge is 0.321 e. The van der Waals surface area contributed by atoms with E-state index < -0.39 is 0 Å². The fourth-order valence-corrected chi connectivity index (χ4v) is 4.63. The molecule has 4 rings (SSSR count). The Balaban J connectivity index is 1.21. The lowest BCUT2D eigenvalue weighted by Crippen LogP contribution is -2.50. The van der Waals surface area contributed by atoms with E-state index in [0.29, 0.717) is 13.1 Å². The number of urea groups is 1. The van der Waals surface area contributed by atoms with E-state index in [4.69, 9.17) is 11.6 Å². The Kier molecular flexibility index (Phi) is 7.66. The molecule has 32 heavy (non-hydrogen) atoms. The van der Waals surface area contributed by atoms with Crippen LogP contribution in [0.2, 0.25) is 5.02 Å². The van der Waals surface area contributed by atoms with Gasteiger partial charge >= 0.3 is 6.03 Å². The molecule has 2 N–H and O–H groups in total. The van der Waals surface area contributed by atoms with E-state index in [1.807, 2.05) is 42.5 Å². The molecule has 7 heteroatoms. The van der Waals surface area contributed by atoms with Gasteiger partial charge in [0.25, 0.3) is 0 Å². The Bertz CT molecular complexity index is 898. The lowest BCUT2D eigenvalue weighted by atomic mass is 9.96. The summed E-state index contributed by atoms with van der Waals surface area (Å²) in [5.74, 6) is -0.0595. The SMILES string of the molecule is O=C(NC1CCN(Cc2ccc(Cl)cc2)CC1)C1CCCN(C(=O)Nc2ccccc2)C1. The third-order valence-corrected chi connectivity index (χ3v) is 6.61. The molecule has 0 radical (unpaired) electrons. The minimum Gasteiger partial charge on any atom is -0.353 e. The molecule has 170 valence electrons. The number of anilines is 1. The summed E-state index contributed by atoms with van der Waals surface area (Å²) in [6.07, 6.45) is 3.57. The van der Waals surface area contributed by atoms with Crippen LogP contribution >= 0.6 is 11.6 Å². The van der Waals surface area contributed by atoms with Gasteiger partial charge in [0, 0.05) is 49.5 Å².